The van der Waals surface area contributed by atoms with E-state index < -0.39 is 0 Å². The third-order valence-corrected chi connectivity index (χ3v) is 3.73. The van der Waals surface area contributed by atoms with Crippen LogP contribution in [0.4, 0.5) is 5.69 Å². The van der Waals surface area contributed by atoms with Gasteiger partial charge in [0.05, 0.1) is 5.69 Å². The number of anilines is 1. The number of imide groups is 1. The smallest absolute Gasteiger partial charge is 0.258 e. The van der Waals surface area contributed by atoms with Gasteiger partial charge in [0, 0.05) is 12.2 Å². The minimum Gasteiger partial charge on any atom is -0.457 e. The molecule has 0 unspecified atom stereocenters. The Morgan fingerprint density at radius 2 is 1.61 bits per heavy atom. The first-order chi connectivity index (χ1) is 11.1. The number of carbonyl (C=O) groups excluding carboxylic acids is 2. The van der Waals surface area contributed by atoms with Crippen molar-refractivity contribution in [1.29, 1.82) is 0 Å². The van der Waals surface area contributed by atoms with Crippen LogP contribution in [0.2, 0.25) is 0 Å². The second-order valence-corrected chi connectivity index (χ2v) is 5.41. The van der Waals surface area contributed by atoms with Gasteiger partial charge in [0.25, 0.3) is 11.8 Å². The Labute approximate surface area is 135 Å². The number of benzene rings is 2. The molecular formula is C19H17NO3. The van der Waals surface area contributed by atoms with Crippen molar-refractivity contribution in [2.75, 3.05) is 4.90 Å². The lowest BCUT2D eigenvalue weighted by molar-refractivity contribution is -0.119. The fourth-order valence-corrected chi connectivity index (χ4v) is 2.53. The quantitative estimate of drug-likeness (QED) is 0.808. The van der Waals surface area contributed by atoms with Crippen molar-refractivity contribution in [3.05, 3.63) is 65.7 Å². The summed E-state index contributed by atoms with van der Waals surface area (Å²) in [5.41, 5.74) is 2.88. The summed E-state index contributed by atoms with van der Waals surface area (Å²) in [5, 5.41) is 0. The Kier molecular flexibility index (Phi) is 3.98. The van der Waals surface area contributed by atoms with Crippen LogP contribution in [0, 0.1) is 6.92 Å². The van der Waals surface area contributed by atoms with Crippen molar-refractivity contribution in [3.8, 4) is 11.5 Å². The Morgan fingerprint density at radius 3 is 2.22 bits per heavy atom. The summed E-state index contributed by atoms with van der Waals surface area (Å²) in [6, 6.07) is 13.0. The van der Waals surface area contributed by atoms with Gasteiger partial charge in [0.1, 0.15) is 11.5 Å². The molecule has 0 atom stereocenters. The van der Waals surface area contributed by atoms with Gasteiger partial charge in [-0.1, -0.05) is 24.6 Å². The monoisotopic (exact) mass is 307 g/mol. The first-order valence-corrected chi connectivity index (χ1v) is 7.52. The number of ether oxygens (including phenoxy) is 1. The van der Waals surface area contributed by atoms with Crippen molar-refractivity contribution in [1.82, 2.24) is 0 Å². The minimum absolute atomic E-state index is 0.324. The molecule has 1 aliphatic rings. The number of nitrogens with zero attached hydrogens (tertiary/aromatic N) is 1. The van der Waals surface area contributed by atoms with E-state index in [1.165, 1.54) is 17.7 Å². The lowest BCUT2D eigenvalue weighted by Crippen LogP contribution is -2.29. The van der Waals surface area contributed by atoms with Gasteiger partial charge in [0.15, 0.2) is 0 Å². The van der Waals surface area contributed by atoms with Gasteiger partial charge in [-0.2, -0.15) is 0 Å². The number of amides is 2. The van der Waals surface area contributed by atoms with Gasteiger partial charge >= 0.3 is 0 Å². The van der Waals surface area contributed by atoms with E-state index >= 15 is 0 Å². The highest BCUT2D eigenvalue weighted by Crippen LogP contribution is 2.29. The molecule has 0 N–H and O–H groups in total. The van der Waals surface area contributed by atoms with E-state index in [9.17, 15) is 9.59 Å². The fraction of sp³-hybridized carbons (Fsp3) is 0.158. The van der Waals surface area contributed by atoms with Crippen LogP contribution in [-0.4, -0.2) is 11.8 Å². The third-order valence-electron chi connectivity index (χ3n) is 3.73. The molecule has 116 valence electrons. The SMILES string of the molecule is CCc1cc(C)ccc1Oc1ccc(N2C(=O)C=CC2=O)cc1. The fourth-order valence-electron chi connectivity index (χ4n) is 2.53. The number of aryl methyl sites for hydroxylation is 2. The van der Waals surface area contributed by atoms with Crippen molar-refractivity contribution in [3.63, 3.8) is 0 Å². The van der Waals surface area contributed by atoms with Crippen molar-refractivity contribution in [2.45, 2.75) is 20.3 Å². The van der Waals surface area contributed by atoms with E-state index in [1.54, 1.807) is 24.3 Å². The second kappa shape index (κ2) is 6.08. The number of hydrogen-bond acceptors (Lipinski definition) is 3. The van der Waals surface area contributed by atoms with Crippen LogP contribution in [0.3, 0.4) is 0 Å². The van der Waals surface area contributed by atoms with E-state index in [0.717, 1.165) is 22.6 Å². The second-order valence-electron chi connectivity index (χ2n) is 5.41. The molecule has 1 heterocycles. The molecule has 0 aliphatic carbocycles. The van der Waals surface area contributed by atoms with E-state index in [4.69, 9.17) is 4.74 Å². The zero-order chi connectivity index (χ0) is 16.4. The maximum absolute atomic E-state index is 11.7. The molecule has 0 fully saturated rings. The Bertz CT molecular complexity index is 773. The average molecular weight is 307 g/mol. The van der Waals surface area contributed by atoms with Crippen LogP contribution < -0.4 is 9.64 Å². The molecule has 0 saturated carbocycles. The summed E-state index contributed by atoms with van der Waals surface area (Å²) in [7, 11) is 0. The van der Waals surface area contributed by atoms with E-state index in [2.05, 4.69) is 19.9 Å². The predicted molar refractivity (Wildman–Crippen MR) is 88.7 cm³/mol. The van der Waals surface area contributed by atoms with Crippen LogP contribution in [0.1, 0.15) is 18.1 Å². The molecule has 3 rings (SSSR count). The molecule has 0 saturated heterocycles. The van der Waals surface area contributed by atoms with Gasteiger partial charge in [-0.3, -0.25) is 9.59 Å². The standard InChI is InChI=1S/C19H17NO3/c1-3-14-12-13(2)4-9-17(14)23-16-7-5-15(6-8-16)20-18(21)10-11-19(20)22/h4-12H,3H2,1-2H3. The lowest BCUT2D eigenvalue weighted by atomic mass is 10.1. The lowest BCUT2D eigenvalue weighted by Gasteiger charge is -2.15. The molecule has 23 heavy (non-hydrogen) atoms. The van der Waals surface area contributed by atoms with Crippen LogP contribution in [0.25, 0.3) is 0 Å². The Hall–Kier alpha value is -2.88. The first-order valence-electron chi connectivity index (χ1n) is 7.52. The summed E-state index contributed by atoms with van der Waals surface area (Å²) in [6.07, 6.45) is 3.43. The Balaban J connectivity index is 1.81. The number of carbonyl (C=O) groups is 2. The van der Waals surface area contributed by atoms with E-state index in [1.807, 2.05) is 12.1 Å². The highest BCUT2D eigenvalue weighted by molar-refractivity contribution is 6.28. The third kappa shape index (κ3) is 3.01. The van der Waals surface area contributed by atoms with Crippen LogP contribution in [0.15, 0.2) is 54.6 Å². The van der Waals surface area contributed by atoms with Gasteiger partial charge in [-0.15, -0.1) is 0 Å². The Morgan fingerprint density at radius 1 is 0.957 bits per heavy atom. The maximum atomic E-state index is 11.7. The molecular weight excluding hydrogens is 290 g/mol. The molecule has 0 aromatic heterocycles. The average Bonchev–Trinajstić information content (AvgIpc) is 2.89. The highest BCUT2D eigenvalue weighted by atomic mass is 16.5. The molecule has 0 radical (unpaired) electrons. The summed E-state index contributed by atoms with van der Waals surface area (Å²) < 4.78 is 5.92. The molecule has 4 nitrogen and oxygen atoms in total. The maximum Gasteiger partial charge on any atom is 0.258 e. The molecule has 2 aromatic rings. The molecule has 4 heteroatoms. The number of rotatable bonds is 4. The van der Waals surface area contributed by atoms with Gasteiger partial charge < -0.3 is 4.74 Å². The molecule has 2 aromatic carbocycles. The summed E-state index contributed by atoms with van der Waals surface area (Å²) in [5.74, 6) is 0.839. The topological polar surface area (TPSA) is 46.6 Å². The summed E-state index contributed by atoms with van der Waals surface area (Å²) in [4.78, 5) is 24.5. The molecule has 2 amide bonds. The normalized spacial score (nSPS) is 13.7. The van der Waals surface area contributed by atoms with Crippen LogP contribution in [-0.2, 0) is 16.0 Å². The molecule has 0 spiro atoms. The summed E-state index contributed by atoms with van der Waals surface area (Å²) >= 11 is 0. The van der Waals surface area contributed by atoms with Gasteiger partial charge in [-0.05, 0) is 49.2 Å². The largest absolute Gasteiger partial charge is 0.457 e. The van der Waals surface area contributed by atoms with Crippen molar-refractivity contribution in [2.24, 2.45) is 0 Å². The first kappa shape index (κ1) is 15.0. The summed E-state index contributed by atoms with van der Waals surface area (Å²) in [6.45, 7) is 4.14. The highest BCUT2D eigenvalue weighted by Gasteiger charge is 2.24. The van der Waals surface area contributed by atoms with Gasteiger partial charge in [-0.25, -0.2) is 4.90 Å². The van der Waals surface area contributed by atoms with Crippen molar-refractivity contribution >= 4 is 17.5 Å². The predicted octanol–water partition coefficient (Wildman–Crippen LogP) is 3.78. The van der Waals surface area contributed by atoms with E-state index in [-0.39, 0.29) is 11.8 Å². The molecule has 0 bridgehead atoms. The van der Waals surface area contributed by atoms with Crippen molar-refractivity contribution < 1.29 is 14.3 Å². The molecule has 1 aliphatic heterocycles. The zero-order valence-electron chi connectivity index (χ0n) is 13.1. The zero-order valence-corrected chi connectivity index (χ0v) is 13.1. The van der Waals surface area contributed by atoms with Crippen LogP contribution >= 0.6 is 0 Å². The van der Waals surface area contributed by atoms with Gasteiger partial charge in [0.2, 0.25) is 0 Å². The number of hydrogen-bond donors (Lipinski definition) is 0. The van der Waals surface area contributed by atoms with Crippen LogP contribution in [0.5, 0.6) is 11.5 Å². The van der Waals surface area contributed by atoms with E-state index in [0.29, 0.717) is 11.4 Å². The minimum atomic E-state index is -0.324.